The molecule has 1 rings (SSSR count). The van der Waals surface area contributed by atoms with Crippen molar-refractivity contribution < 1.29 is 9.63 Å². The Hall–Kier alpha value is -2.11. The fourth-order valence-electron chi connectivity index (χ4n) is 3.58. The van der Waals surface area contributed by atoms with Crippen LogP contribution in [0.2, 0.25) is 0 Å². The van der Waals surface area contributed by atoms with E-state index in [1.807, 2.05) is 11.9 Å². The lowest BCUT2D eigenvalue weighted by atomic mass is 9.91. The van der Waals surface area contributed by atoms with Crippen molar-refractivity contribution in [1.29, 1.82) is 0 Å². The van der Waals surface area contributed by atoms with Crippen molar-refractivity contribution in [1.82, 2.24) is 9.71 Å². The van der Waals surface area contributed by atoms with Gasteiger partial charge in [0.25, 0.3) is 5.56 Å². The van der Waals surface area contributed by atoms with E-state index in [1.165, 1.54) is 44.6 Å². The quantitative estimate of drug-likeness (QED) is 0.435. The molecule has 0 unspecified atom stereocenters. The third kappa shape index (κ3) is 11.8. The molecule has 1 heterocycles. The molecule has 0 bridgehead atoms. The lowest BCUT2D eigenvalue weighted by Gasteiger charge is -2.15. The molecule has 170 valence electrons. The van der Waals surface area contributed by atoms with Gasteiger partial charge in [0, 0.05) is 12.1 Å². The van der Waals surface area contributed by atoms with E-state index in [9.17, 15) is 14.4 Å². The van der Waals surface area contributed by atoms with Crippen LogP contribution in [0.1, 0.15) is 92.4 Å². The maximum atomic E-state index is 11.9. The predicted molar refractivity (Wildman–Crippen MR) is 121 cm³/mol. The van der Waals surface area contributed by atoms with Gasteiger partial charge in [0.1, 0.15) is 0 Å². The summed E-state index contributed by atoms with van der Waals surface area (Å²) in [5.41, 5.74) is -0.387. The minimum Gasteiger partial charge on any atom is -0.327 e. The van der Waals surface area contributed by atoms with Crippen molar-refractivity contribution in [3.63, 3.8) is 0 Å². The van der Waals surface area contributed by atoms with Crippen LogP contribution in [0.15, 0.2) is 33.5 Å². The summed E-state index contributed by atoms with van der Waals surface area (Å²) in [6.45, 7) is 11.2. The molecule has 0 saturated heterocycles. The lowest BCUT2D eigenvalue weighted by molar-refractivity contribution is -0.139. The molecule has 6 heteroatoms. The van der Waals surface area contributed by atoms with Gasteiger partial charge in [-0.05, 0) is 37.5 Å². The topological polar surface area (TPSA) is 81.2 Å². The highest BCUT2D eigenvalue weighted by atomic mass is 16.7. The van der Waals surface area contributed by atoms with Gasteiger partial charge in [-0.2, -0.15) is 0 Å². The molecule has 0 saturated carbocycles. The molecule has 0 spiro atoms. The molecule has 1 aromatic rings. The first-order chi connectivity index (χ1) is 14.2. The second-order valence-electron chi connectivity index (χ2n) is 9.20. The summed E-state index contributed by atoms with van der Waals surface area (Å²) in [6.07, 6.45) is 13.4. The Morgan fingerprint density at radius 1 is 1.00 bits per heavy atom. The van der Waals surface area contributed by atoms with Gasteiger partial charge in [-0.25, -0.2) is 9.59 Å². The van der Waals surface area contributed by atoms with Crippen molar-refractivity contribution in [2.75, 3.05) is 0 Å². The maximum absolute atomic E-state index is 11.9. The number of nitrogens with one attached hydrogen (secondary N) is 1. The number of allylic oxidation sites excluding steroid dienone is 1. The second-order valence-corrected chi connectivity index (χ2v) is 9.20. The molecule has 30 heavy (non-hydrogen) atoms. The molecular weight excluding hydrogens is 380 g/mol. The van der Waals surface area contributed by atoms with Gasteiger partial charge >= 0.3 is 11.7 Å². The number of hydrogen-bond donors (Lipinski definition) is 1. The van der Waals surface area contributed by atoms with Crippen molar-refractivity contribution in [3.05, 3.63) is 44.8 Å². The van der Waals surface area contributed by atoms with Crippen molar-refractivity contribution in [3.8, 4) is 0 Å². The number of nitrogens with zero attached hydrogens (tertiary/aromatic N) is 1. The average Bonchev–Trinajstić information content (AvgIpc) is 2.63. The minimum atomic E-state index is -0.773. The van der Waals surface area contributed by atoms with E-state index in [-0.39, 0.29) is 0 Å². The molecule has 0 radical (unpaired) electrons. The van der Waals surface area contributed by atoms with E-state index in [0.717, 1.165) is 53.7 Å². The summed E-state index contributed by atoms with van der Waals surface area (Å²) in [7, 11) is 0. The first kappa shape index (κ1) is 25.9. The van der Waals surface area contributed by atoms with Crippen LogP contribution in [0.5, 0.6) is 0 Å². The Morgan fingerprint density at radius 2 is 1.57 bits per heavy atom. The highest BCUT2D eigenvalue weighted by molar-refractivity contribution is 5.82. The summed E-state index contributed by atoms with van der Waals surface area (Å²) >= 11 is 0. The molecule has 1 N–H and O–H groups in total. The number of aromatic amines is 1. The molecule has 0 aliphatic heterocycles. The monoisotopic (exact) mass is 420 g/mol. The van der Waals surface area contributed by atoms with E-state index >= 15 is 0 Å². The van der Waals surface area contributed by atoms with E-state index in [4.69, 9.17) is 4.84 Å². The van der Waals surface area contributed by atoms with E-state index in [1.54, 1.807) is 0 Å². The Labute approximate surface area is 180 Å². The second kappa shape index (κ2) is 14.0. The summed E-state index contributed by atoms with van der Waals surface area (Å²) in [4.78, 5) is 41.4. The van der Waals surface area contributed by atoms with Crippen LogP contribution >= 0.6 is 0 Å². The zero-order valence-electron chi connectivity index (χ0n) is 19.4. The van der Waals surface area contributed by atoms with Crippen molar-refractivity contribution in [2.45, 2.75) is 92.4 Å². The highest BCUT2D eigenvalue weighted by Gasteiger charge is 2.08. The lowest BCUT2D eigenvalue weighted by Crippen LogP contribution is -2.34. The van der Waals surface area contributed by atoms with Gasteiger partial charge in [-0.15, -0.1) is 4.73 Å². The van der Waals surface area contributed by atoms with E-state index in [2.05, 4.69) is 27.7 Å². The van der Waals surface area contributed by atoms with Crippen LogP contribution in [0.3, 0.4) is 0 Å². The maximum Gasteiger partial charge on any atom is 0.361 e. The molecule has 0 aromatic carbocycles. The third-order valence-electron chi connectivity index (χ3n) is 5.48. The zero-order chi connectivity index (χ0) is 22.5. The Morgan fingerprint density at radius 3 is 2.13 bits per heavy atom. The Bertz CT molecular complexity index is 776. The van der Waals surface area contributed by atoms with Crippen LogP contribution in [-0.4, -0.2) is 15.7 Å². The SMILES string of the molecule is C/C(=C\C(=O)On1ccc(=O)[nH]c1=O)CCC[C@H](C)CCC[C@H](C)CCCC(C)C. The predicted octanol–water partition coefficient (Wildman–Crippen LogP) is 4.88. The molecule has 6 nitrogen and oxygen atoms in total. The van der Waals surface area contributed by atoms with Crippen molar-refractivity contribution in [2.24, 2.45) is 17.8 Å². The highest BCUT2D eigenvalue weighted by Crippen LogP contribution is 2.22. The number of rotatable bonds is 14. The summed E-state index contributed by atoms with van der Waals surface area (Å²) in [6, 6.07) is 1.12. The standard InChI is InChI=1S/C24H40N2O4/c1-18(2)9-6-10-19(3)11-7-12-20(4)13-8-14-21(5)17-23(28)30-26-16-15-22(27)25-24(26)29/h15-20H,6-14H2,1-5H3,(H,25,27,29)/b21-17+/t19-,20-/m1/s1. The smallest absolute Gasteiger partial charge is 0.327 e. The fourth-order valence-corrected chi connectivity index (χ4v) is 3.58. The number of aromatic nitrogens is 2. The van der Waals surface area contributed by atoms with E-state index < -0.39 is 17.2 Å². The van der Waals surface area contributed by atoms with Crippen LogP contribution in [-0.2, 0) is 4.79 Å². The Kier molecular flexibility index (Phi) is 12.1. The molecule has 0 fully saturated rings. The van der Waals surface area contributed by atoms with Gasteiger partial charge in [-0.1, -0.05) is 78.2 Å². The largest absolute Gasteiger partial charge is 0.361 e. The van der Waals surface area contributed by atoms with Crippen LogP contribution in [0, 0.1) is 17.8 Å². The summed E-state index contributed by atoms with van der Waals surface area (Å²) < 4.78 is 0.722. The van der Waals surface area contributed by atoms with Crippen LogP contribution < -0.4 is 16.1 Å². The number of carbonyl (C=O) groups excluding carboxylic acids is 1. The van der Waals surface area contributed by atoms with Crippen molar-refractivity contribution >= 4 is 5.97 Å². The van der Waals surface area contributed by atoms with Gasteiger partial charge in [0.15, 0.2) is 0 Å². The van der Waals surface area contributed by atoms with Gasteiger partial charge in [0.05, 0.1) is 6.20 Å². The van der Waals surface area contributed by atoms with Gasteiger partial charge < -0.3 is 4.84 Å². The summed E-state index contributed by atoms with van der Waals surface area (Å²) in [5.74, 6) is 1.69. The van der Waals surface area contributed by atoms with Gasteiger partial charge in [-0.3, -0.25) is 9.78 Å². The zero-order valence-corrected chi connectivity index (χ0v) is 19.4. The normalized spacial score (nSPS) is 14.0. The van der Waals surface area contributed by atoms with Crippen LogP contribution in [0.25, 0.3) is 0 Å². The van der Waals surface area contributed by atoms with Crippen LogP contribution in [0.4, 0.5) is 0 Å². The molecular formula is C24H40N2O4. The summed E-state index contributed by atoms with van der Waals surface area (Å²) in [5, 5.41) is 0. The average molecular weight is 421 g/mol. The molecule has 0 amide bonds. The first-order valence-electron chi connectivity index (χ1n) is 11.4. The van der Waals surface area contributed by atoms with E-state index in [0.29, 0.717) is 5.92 Å². The number of carbonyl (C=O) groups is 1. The number of H-pyrrole nitrogens is 1. The fraction of sp³-hybridized carbons (Fsp3) is 0.708. The Balaban J connectivity index is 2.22. The minimum absolute atomic E-state index is 0.534. The first-order valence-corrected chi connectivity index (χ1v) is 11.4. The molecule has 0 aliphatic carbocycles. The molecule has 0 aliphatic rings. The third-order valence-corrected chi connectivity index (χ3v) is 5.48. The van der Waals surface area contributed by atoms with Gasteiger partial charge in [0.2, 0.25) is 0 Å². The molecule has 1 aromatic heterocycles. The number of hydrogen-bond acceptors (Lipinski definition) is 4. The molecule has 2 atom stereocenters.